The van der Waals surface area contributed by atoms with Crippen molar-refractivity contribution in [2.45, 2.75) is 31.1 Å². The van der Waals surface area contributed by atoms with Crippen molar-refractivity contribution in [1.82, 2.24) is 0 Å². The van der Waals surface area contributed by atoms with Gasteiger partial charge in [0.2, 0.25) is 5.12 Å². The molecule has 2 rings (SSSR count). The lowest BCUT2D eigenvalue weighted by Gasteiger charge is -2.07. The Kier molecular flexibility index (Phi) is 13.4. The predicted octanol–water partition coefficient (Wildman–Crippen LogP) is 5.80. The van der Waals surface area contributed by atoms with Crippen molar-refractivity contribution < 1.29 is 33.3 Å². The number of ether oxygens (including phenoxy) is 4. The molecule has 0 aliphatic heterocycles. The molecule has 7 nitrogen and oxygen atoms in total. The van der Waals surface area contributed by atoms with Crippen molar-refractivity contribution in [3.05, 3.63) is 85.0 Å². The average molecular weight is 525 g/mol. The highest BCUT2D eigenvalue weighted by molar-refractivity contribution is 8.14. The first-order valence-corrected chi connectivity index (χ1v) is 12.7. The molecular weight excluding hydrogens is 492 g/mol. The van der Waals surface area contributed by atoms with Crippen LogP contribution in [0.3, 0.4) is 0 Å². The van der Waals surface area contributed by atoms with E-state index in [2.05, 4.69) is 13.2 Å². The molecule has 0 bridgehead atoms. The van der Waals surface area contributed by atoms with Gasteiger partial charge in [0, 0.05) is 23.0 Å². The number of carbonyl (C=O) groups is 3. The molecule has 196 valence electrons. The summed E-state index contributed by atoms with van der Waals surface area (Å²) in [6.45, 7) is 10.0. The molecule has 0 amide bonds. The smallest absolute Gasteiger partial charge is 0.333 e. The summed E-state index contributed by atoms with van der Waals surface area (Å²) in [5, 5.41) is -0.0904. The third-order valence-electron chi connectivity index (χ3n) is 4.69. The molecule has 0 N–H and O–H groups in total. The summed E-state index contributed by atoms with van der Waals surface area (Å²) < 4.78 is 21.2. The topological polar surface area (TPSA) is 88.1 Å². The largest absolute Gasteiger partial charge is 0.494 e. The third-order valence-corrected chi connectivity index (χ3v) is 5.54. The van der Waals surface area contributed by atoms with E-state index in [1.54, 1.807) is 13.0 Å². The van der Waals surface area contributed by atoms with Gasteiger partial charge in [-0.2, -0.15) is 0 Å². The molecule has 0 radical (unpaired) electrons. The van der Waals surface area contributed by atoms with Crippen LogP contribution in [0.4, 0.5) is 0 Å². The van der Waals surface area contributed by atoms with Gasteiger partial charge in [0.05, 0.1) is 26.4 Å². The van der Waals surface area contributed by atoms with Crippen LogP contribution in [0.1, 0.15) is 31.7 Å². The molecule has 0 unspecified atom stereocenters. The summed E-state index contributed by atoms with van der Waals surface area (Å²) in [4.78, 5) is 35.4. The third kappa shape index (κ3) is 12.7. The second kappa shape index (κ2) is 16.8. The molecule has 0 spiro atoms. The molecule has 0 saturated carbocycles. The van der Waals surface area contributed by atoms with Gasteiger partial charge in [-0.1, -0.05) is 31.4 Å². The molecular formula is C29H32O7S. The minimum absolute atomic E-state index is 0.0904. The fraction of sp³-hybridized carbons (Fsp3) is 0.276. The minimum Gasteiger partial charge on any atom is -0.494 e. The molecule has 0 atom stereocenters. The summed E-state index contributed by atoms with van der Waals surface area (Å²) in [6.07, 6.45) is 6.46. The number of carbonyl (C=O) groups excluding carboxylic acids is 3. The Morgan fingerprint density at radius 2 is 1.38 bits per heavy atom. The van der Waals surface area contributed by atoms with Crippen molar-refractivity contribution >= 4 is 34.9 Å². The number of hydrogen-bond acceptors (Lipinski definition) is 8. The van der Waals surface area contributed by atoms with Gasteiger partial charge >= 0.3 is 11.9 Å². The van der Waals surface area contributed by atoms with E-state index in [-0.39, 0.29) is 11.7 Å². The standard InChI is InChI=1S/C29H32O7S/c1-4-27(30)35-19-6-5-18-33-25-13-15-26(16-14-25)37-28(31)17-10-23-8-11-24(12-9-23)34-20-7-21-36-29(32)22(2)3/h4,8-17H,1-2,5-7,18-21H2,3H3/b17-10+. The Balaban J connectivity index is 1.66. The van der Waals surface area contributed by atoms with Gasteiger partial charge < -0.3 is 18.9 Å². The minimum atomic E-state index is -0.421. The second-order valence-corrected chi connectivity index (χ2v) is 8.92. The van der Waals surface area contributed by atoms with Gasteiger partial charge in [-0.3, -0.25) is 4.79 Å². The maximum atomic E-state index is 12.3. The number of benzene rings is 2. The zero-order valence-corrected chi connectivity index (χ0v) is 21.8. The highest BCUT2D eigenvalue weighted by atomic mass is 32.2. The van der Waals surface area contributed by atoms with Crippen LogP contribution in [-0.2, 0) is 23.9 Å². The van der Waals surface area contributed by atoms with Crippen molar-refractivity contribution in [3.63, 3.8) is 0 Å². The molecule has 2 aromatic rings. The van der Waals surface area contributed by atoms with Crippen LogP contribution in [0.2, 0.25) is 0 Å². The number of thioether (sulfide) groups is 1. The van der Waals surface area contributed by atoms with Gasteiger partial charge in [0.25, 0.3) is 0 Å². The molecule has 2 aromatic carbocycles. The molecule has 0 aliphatic carbocycles. The Labute approximate surface area is 222 Å². The van der Waals surface area contributed by atoms with Crippen LogP contribution in [-0.4, -0.2) is 43.5 Å². The Bertz CT molecular complexity index is 1070. The van der Waals surface area contributed by atoms with Crippen molar-refractivity contribution in [2.75, 3.05) is 26.4 Å². The summed E-state index contributed by atoms with van der Waals surface area (Å²) in [7, 11) is 0. The van der Waals surface area contributed by atoms with Gasteiger partial charge in [0.1, 0.15) is 11.5 Å². The molecule has 8 heteroatoms. The first kappa shape index (κ1) is 29.5. The maximum absolute atomic E-state index is 12.3. The normalized spacial score (nSPS) is 10.5. The van der Waals surface area contributed by atoms with E-state index in [1.165, 1.54) is 6.08 Å². The highest BCUT2D eigenvalue weighted by Crippen LogP contribution is 2.23. The predicted molar refractivity (Wildman–Crippen MR) is 145 cm³/mol. The van der Waals surface area contributed by atoms with Crippen molar-refractivity contribution in [3.8, 4) is 11.5 Å². The summed E-state index contributed by atoms with van der Waals surface area (Å²) in [5.41, 5.74) is 1.25. The van der Waals surface area contributed by atoms with E-state index >= 15 is 0 Å². The van der Waals surface area contributed by atoms with E-state index < -0.39 is 11.9 Å². The van der Waals surface area contributed by atoms with Crippen LogP contribution in [0.15, 0.2) is 84.3 Å². The molecule has 0 saturated heterocycles. The zero-order chi connectivity index (χ0) is 26.9. The second-order valence-electron chi connectivity index (χ2n) is 7.84. The maximum Gasteiger partial charge on any atom is 0.333 e. The van der Waals surface area contributed by atoms with E-state index in [0.29, 0.717) is 49.7 Å². The Morgan fingerprint density at radius 3 is 2.00 bits per heavy atom. The first-order chi connectivity index (χ1) is 17.9. The number of hydrogen-bond donors (Lipinski definition) is 0. The molecule has 37 heavy (non-hydrogen) atoms. The average Bonchev–Trinajstić information content (AvgIpc) is 2.90. The number of rotatable bonds is 16. The Hall–Kier alpha value is -3.78. The highest BCUT2D eigenvalue weighted by Gasteiger charge is 2.04. The summed E-state index contributed by atoms with van der Waals surface area (Å²) in [6, 6.07) is 14.7. The van der Waals surface area contributed by atoms with Crippen LogP contribution in [0.5, 0.6) is 11.5 Å². The first-order valence-electron chi connectivity index (χ1n) is 11.8. The fourth-order valence-electron chi connectivity index (χ4n) is 2.76. The van der Waals surface area contributed by atoms with E-state index in [4.69, 9.17) is 18.9 Å². The van der Waals surface area contributed by atoms with Gasteiger partial charge in [-0.05, 0) is 79.6 Å². The molecule has 0 fully saturated rings. The van der Waals surface area contributed by atoms with Crippen LogP contribution in [0, 0.1) is 0 Å². The van der Waals surface area contributed by atoms with Crippen LogP contribution >= 0.6 is 11.8 Å². The SMILES string of the molecule is C=CC(=O)OCCCCOc1ccc(SC(=O)/C=C/c2ccc(OCCCOC(=O)C(=C)C)cc2)cc1. The lowest BCUT2D eigenvalue weighted by atomic mass is 10.2. The molecule has 0 aromatic heterocycles. The van der Waals surface area contributed by atoms with Crippen molar-refractivity contribution in [2.24, 2.45) is 0 Å². The van der Waals surface area contributed by atoms with Crippen LogP contribution in [0.25, 0.3) is 6.08 Å². The summed E-state index contributed by atoms with van der Waals surface area (Å²) in [5.74, 6) is 0.590. The molecule has 0 heterocycles. The van der Waals surface area contributed by atoms with Gasteiger partial charge in [-0.15, -0.1) is 0 Å². The van der Waals surface area contributed by atoms with Gasteiger partial charge in [0.15, 0.2) is 0 Å². The summed E-state index contributed by atoms with van der Waals surface area (Å²) >= 11 is 1.13. The monoisotopic (exact) mass is 524 g/mol. The number of esters is 2. The lowest BCUT2D eigenvalue weighted by molar-refractivity contribution is -0.139. The Morgan fingerprint density at radius 1 is 0.811 bits per heavy atom. The van der Waals surface area contributed by atoms with E-state index in [1.807, 2.05) is 48.5 Å². The van der Waals surface area contributed by atoms with Crippen molar-refractivity contribution in [1.29, 1.82) is 0 Å². The fourth-order valence-corrected chi connectivity index (χ4v) is 3.40. The van der Waals surface area contributed by atoms with E-state index in [9.17, 15) is 14.4 Å². The quantitative estimate of drug-likeness (QED) is 0.118. The molecule has 0 aliphatic rings. The number of unbranched alkanes of at least 4 members (excludes halogenated alkanes) is 1. The lowest BCUT2D eigenvalue weighted by Crippen LogP contribution is -2.09. The van der Waals surface area contributed by atoms with E-state index in [0.717, 1.165) is 34.7 Å². The zero-order valence-electron chi connectivity index (χ0n) is 21.0. The van der Waals surface area contributed by atoms with Crippen LogP contribution < -0.4 is 9.47 Å². The van der Waals surface area contributed by atoms with Gasteiger partial charge in [-0.25, -0.2) is 9.59 Å².